The molecule has 228 valence electrons. The highest BCUT2D eigenvalue weighted by Crippen LogP contribution is 2.47. The third kappa shape index (κ3) is 8.41. The molecule has 1 aromatic heterocycles. The van der Waals surface area contributed by atoms with Crippen molar-refractivity contribution in [3.05, 3.63) is 44.9 Å². The summed E-state index contributed by atoms with van der Waals surface area (Å²) in [7, 11) is -0.514. The van der Waals surface area contributed by atoms with E-state index in [-0.39, 0.29) is 17.0 Å². The van der Waals surface area contributed by atoms with E-state index >= 15 is 0 Å². The van der Waals surface area contributed by atoms with Crippen LogP contribution in [0.25, 0.3) is 10.4 Å². The highest BCUT2D eigenvalue weighted by molar-refractivity contribution is 7.98. The van der Waals surface area contributed by atoms with Gasteiger partial charge in [0.2, 0.25) is 5.89 Å². The van der Waals surface area contributed by atoms with Gasteiger partial charge in [-0.1, -0.05) is 38.0 Å². The van der Waals surface area contributed by atoms with E-state index in [4.69, 9.17) is 24.0 Å². The molecule has 0 spiro atoms. The van der Waals surface area contributed by atoms with Crippen LogP contribution in [0, 0.1) is 25.7 Å². The summed E-state index contributed by atoms with van der Waals surface area (Å²) < 4.78 is 24.8. The summed E-state index contributed by atoms with van der Waals surface area (Å²) in [6, 6.07) is 1.98. The fraction of sp³-hybridized carbons (Fsp3) is 0.724. The molecule has 0 saturated carbocycles. The van der Waals surface area contributed by atoms with E-state index in [1.165, 1.54) is 0 Å². The average Bonchev–Trinajstić information content (AvgIpc) is 3.35. The average molecular weight is 605 g/mol. The second kappa shape index (κ2) is 14.8. The molecular formula is C29H48N6O4SSi. The number of hydrogen-bond acceptors (Lipinski definition) is 9. The second-order valence-electron chi connectivity index (χ2n) is 12.3. The Bertz CT molecular complexity index is 1200. The summed E-state index contributed by atoms with van der Waals surface area (Å²) in [4.78, 5) is 7.50. The van der Waals surface area contributed by atoms with E-state index in [2.05, 4.69) is 79.3 Å². The van der Waals surface area contributed by atoms with Gasteiger partial charge in [-0.3, -0.25) is 0 Å². The van der Waals surface area contributed by atoms with Crippen molar-refractivity contribution in [3.8, 4) is 11.5 Å². The molecule has 1 N–H and O–H groups in total. The van der Waals surface area contributed by atoms with Crippen molar-refractivity contribution < 1.29 is 18.4 Å². The van der Waals surface area contributed by atoms with Gasteiger partial charge in [-0.15, -0.1) is 0 Å². The predicted molar refractivity (Wildman–Crippen MR) is 167 cm³/mol. The number of nitrogens with one attached hydrogen (secondary N) is 1. The molecule has 3 rings (SSSR count). The number of rotatable bonds is 8. The second-order valence-corrected chi connectivity index (χ2v) is 17.8. The summed E-state index contributed by atoms with van der Waals surface area (Å²) >= 11 is 1.82. The Morgan fingerprint density at radius 1 is 1.27 bits per heavy atom. The molecule has 0 unspecified atom stereocenters. The SMILES string of the molecule is COc1cc(O[Si](C)(C)C(C)(C)C(C)C)c2c(c1C)COC[C@@H](CN=[N+]=[N-])CCCN[C@H](c1nc(C)no1)CSC2. The molecule has 1 aromatic carbocycles. The molecule has 2 atom stereocenters. The normalized spacial score (nSPS) is 19.7. The molecule has 1 aliphatic rings. The quantitative estimate of drug-likeness (QED) is 0.142. The number of thioether (sulfide) groups is 1. The minimum Gasteiger partial charge on any atom is -0.543 e. The Labute approximate surface area is 250 Å². The first-order valence-electron chi connectivity index (χ1n) is 14.5. The Morgan fingerprint density at radius 3 is 2.66 bits per heavy atom. The Kier molecular flexibility index (Phi) is 12.0. The van der Waals surface area contributed by atoms with Gasteiger partial charge in [0.05, 0.1) is 19.8 Å². The minimum atomic E-state index is -2.22. The van der Waals surface area contributed by atoms with Gasteiger partial charge in [0.15, 0.2) is 5.82 Å². The maximum atomic E-state index is 8.93. The zero-order valence-electron chi connectivity index (χ0n) is 26.2. The first-order valence-corrected chi connectivity index (χ1v) is 18.6. The van der Waals surface area contributed by atoms with Gasteiger partial charge in [-0.25, -0.2) is 0 Å². The van der Waals surface area contributed by atoms with E-state index in [0.29, 0.717) is 37.4 Å². The molecule has 10 nitrogen and oxygen atoms in total. The van der Waals surface area contributed by atoms with Crippen LogP contribution in [-0.2, 0) is 17.1 Å². The van der Waals surface area contributed by atoms with Gasteiger partial charge in [-0.2, -0.15) is 16.7 Å². The van der Waals surface area contributed by atoms with Crippen molar-refractivity contribution in [3.63, 3.8) is 0 Å². The molecule has 0 bridgehead atoms. The smallest absolute Gasteiger partial charge is 0.251 e. The maximum Gasteiger partial charge on any atom is 0.251 e. The lowest BCUT2D eigenvalue weighted by molar-refractivity contribution is 0.0849. The third-order valence-corrected chi connectivity index (χ3v) is 14.4. The molecule has 2 aromatic rings. The highest BCUT2D eigenvalue weighted by Gasteiger charge is 2.45. The van der Waals surface area contributed by atoms with E-state index in [1.807, 2.05) is 18.7 Å². The topological polar surface area (TPSA) is 127 Å². The summed E-state index contributed by atoms with van der Waals surface area (Å²) in [6.45, 7) is 19.8. The first kappa shape index (κ1) is 33.3. The van der Waals surface area contributed by atoms with Gasteiger partial charge >= 0.3 is 0 Å². The monoisotopic (exact) mass is 604 g/mol. The van der Waals surface area contributed by atoms with Gasteiger partial charge in [0.25, 0.3) is 8.32 Å². The molecule has 0 fully saturated rings. The molecular weight excluding hydrogens is 557 g/mol. The van der Waals surface area contributed by atoms with E-state index in [9.17, 15) is 0 Å². The van der Waals surface area contributed by atoms with Gasteiger partial charge in [0.1, 0.15) is 11.5 Å². The number of aromatic nitrogens is 2. The Morgan fingerprint density at radius 2 is 2.02 bits per heavy atom. The molecule has 0 amide bonds. The van der Waals surface area contributed by atoms with Gasteiger partial charge in [0, 0.05) is 41.2 Å². The van der Waals surface area contributed by atoms with Crippen molar-refractivity contribution in [1.82, 2.24) is 15.5 Å². The lowest BCUT2D eigenvalue weighted by Gasteiger charge is -2.43. The summed E-state index contributed by atoms with van der Waals surface area (Å²) in [5.41, 5.74) is 12.2. The molecule has 0 radical (unpaired) electrons. The Hall–Kier alpha value is -2.24. The van der Waals surface area contributed by atoms with Gasteiger partial charge in [-0.05, 0) is 79.9 Å². The summed E-state index contributed by atoms with van der Waals surface area (Å²) in [6.07, 6.45) is 1.78. The first-order chi connectivity index (χ1) is 19.4. The van der Waals surface area contributed by atoms with Crippen molar-refractivity contribution in [2.45, 2.75) is 90.9 Å². The fourth-order valence-electron chi connectivity index (χ4n) is 4.92. The lowest BCUT2D eigenvalue weighted by atomic mass is 9.99. The summed E-state index contributed by atoms with van der Waals surface area (Å²) in [5, 5.41) is 11.5. The van der Waals surface area contributed by atoms with Gasteiger partial charge < -0.3 is 23.7 Å². The minimum absolute atomic E-state index is 0.0442. The van der Waals surface area contributed by atoms with Crippen LogP contribution >= 0.6 is 11.8 Å². The van der Waals surface area contributed by atoms with Crippen molar-refractivity contribution >= 4 is 20.1 Å². The molecule has 1 aliphatic heterocycles. The molecule has 2 heterocycles. The number of fused-ring (bicyclic) bond motifs is 1. The number of azide groups is 1. The van der Waals surface area contributed by atoms with Crippen molar-refractivity contribution in [2.24, 2.45) is 17.0 Å². The standard InChI is InChI=1S/C29H48N6O4SSi/c1-19(2)29(5,6)41(8,9)39-27-13-26(36-7)20(3)23-16-37-15-22(14-32-35-30)11-10-12-31-25(18-40-17-24(23)27)28-33-21(4)34-38-28/h13,19,22,25,31H,10-12,14-18H2,1-9H3/t22-,25+/m1/s1. The van der Waals surface area contributed by atoms with Crippen molar-refractivity contribution in [1.29, 1.82) is 0 Å². The maximum absolute atomic E-state index is 8.93. The Balaban J connectivity index is 2.04. The van der Waals surface area contributed by atoms with Crippen LogP contribution in [0.5, 0.6) is 11.5 Å². The number of aryl methyl sites for hydroxylation is 1. The largest absolute Gasteiger partial charge is 0.543 e. The van der Waals surface area contributed by atoms with Crippen LogP contribution < -0.4 is 14.5 Å². The number of methoxy groups -OCH3 is 1. The van der Waals surface area contributed by atoms with E-state index in [1.54, 1.807) is 7.11 Å². The zero-order valence-corrected chi connectivity index (χ0v) is 28.1. The van der Waals surface area contributed by atoms with Crippen LogP contribution in [-0.4, -0.2) is 51.0 Å². The predicted octanol–water partition coefficient (Wildman–Crippen LogP) is 7.52. The molecule has 12 heteroatoms. The summed E-state index contributed by atoms with van der Waals surface area (Å²) in [5.74, 6) is 4.99. The van der Waals surface area contributed by atoms with Crippen LogP contribution in [0.3, 0.4) is 0 Å². The van der Waals surface area contributed by atoms with Crippen LogP contribution in [0.4, 0.5) is 0 Å². The van der Waals surface area contributed by atoms with Crippen LogP contribution in [0.2, 0.25) is 18.1 Å². The highest BCUT2D eigenvalue weighted by atomic mass is 32.2. The van der Waals surface area contributed by atoms with Crippen LogP contribution in [0.1, 0.15) is 75.0 Å². The molecule has 0 aliphatic carbocycles. The number of nitrogens with zero attached hydrogens (tertiary/aromatic N) is 5. The van der Waals surface area contributed by atoms with Crippen molar-refractivity contribution in [2.75, 3.05) is 32.6 Å². The number of benzene rings is 1. The fourth-order valence-corrected chi connectivity index (χ4v) is 8.44. The molecule has 41 heavy (non-hydrogen) atoms. The number of hydrogen-bond donors (Lipinski definition) is 1. The third-order valence-electron chi connectivity index (χ3n) is 8.88. The molecule has 0 saturated heterocycles. The lowest BCUT2D eigenvalue weighted by Crippen LogP contribution is -2.48. The zero-order chi connectivity index (χ0) is 30.2. The van der Waals surface area contributed by atoms with Crippen LogP contribution in [0.15, 0.2) is 15.7 Å². The van der Waals surface area contributed by atoms with E-state index < -0.39 is 8.32 Å². The number of ether oxygens (including phenoxy) is 2. The van der Waals surface area contributed by atoms with E-state index in [0.717, 1.165) is 59.1 Å².